The second kappa shape index (κ2) is 6.36. The SMILES string of the molecule is CC(O)c1ccc(OC/C(Cl)=C/Cl)c(Cl)c1. The summed E-state index contributed by atoms with van der Waals surface area (Å²) in [7, 11) is 0. The lowest BCUT2D eigenvalue weighted by Gasteiger charge is -2.10. The Morgan fingerprint density at radius 1 is 1.56 bits per heavy atom. The van der Waals surface area contributed by atoms with Crippen molar-refractivity contribution in [3.05, 3.63) is 39.4 Å². The van der Waals surface area contributed by atoms with Crippen LogP contribution in [0.1, 0.15) is 18.6 Å². The number of halogens is 3. The highest BCUT2D eigenvalue weighted by Crippen LogP contribution is 2.28. The van der Waals surface area contributed by atoms with E-state index in [1.54, 1.807) is 25.1 Å². The van der Waals surface area contributed by atoms with Gasteiger partial charge in [-0.05, 0) is 24.6 Å². The first kappa shape index (κ1) is 13.7. The molecule has 0 fully saturated rings. The van der Waals surface area contributed by atoms with Gasteiger partial charge in [-0.3, -0.25) is 0 Å². The van der Waals surface area contributed by atoms with Gasteiger partial charge in [-0.2, -0.15) is 0 Å². The van der Waals surface area contributed by atoms with E-state index in [2.05, 4.69) is 0 Å². The van der Waals surface area contributed by atoms with Crippen LogP contribution in [-0.4, -0.2) is 11.7 Å². The molecule has 0 radical (unpaired) electrons. The third-order valence-corrected chi connectivity index (χ3v) is 2.81. The predicted octanol–water partition coefficient (Wildman–Crippen LogP) is 4.09. The first-order chi connectivity index (χ1) is 7.54. The topological polar surface area (TPSA) is 29.5 Å². The molecule has 0 aliphatic carbocycles. The monoisotopic (exact) mass is 280 g/mol. The Balaban J connectivity index is 2.75. The summed E-state index contributed by atoms with van der Waals surface area (Å²) in [5.41, 5.74) is 1.97. The Morgan fingerprint density at radius 3 is 2.75 bits per heavy atom. The normalized spacial score (nSPS) is 13.7. The van der Waals surface area contributed by atoms with Crippen LogP contribution in [0, 0.1) is 0 Å². The van der Waals surface area contributed by atoms with Gasteiger partial charge in [0.25, 0.3) is 0 Å². The van der Waals surface area contributed by atoms with Crippen LogP contribution >= 0.6 is 34.8 Å². The first-order valence-electron chi connectivity index (χ1n) is 4.59. The molecule has 88 valence electrons. The van der Waals surface area contributed by atoms with Crippen molar-refractivity contribution in [2.24, 2.45) is 0 Å². The number of aliphatic hydroxyl groups is 1. The molecule has 0 saturated carbocycles. The van der Waals surface area contributed by atoms with Gasteiger partial charge in [0.15, 0.2) is 0 Å². The molecule has 1 aromatic rings. The molecule has 0 aromatic heterocycles. The van der Waals surface area contributed by atoms with E-state index in [1.165, 1.54) is 5.54 Å². The van der Waals surface area contributed by atoms with Crippen molar-refractivity contribution in [2.45, 2.75) is 13.0 Å². The Hall–Kier alpha value is -0.410. The van der Waals surface area contributed by atoms with Crippen LogP contribution in [0.5, 0.6) is 5.75 Å². The van der Waals surface area contributed by atoms with Crippen LogP contribution in [0.3, 0.4) is 0 Å². The van der Waals surface area contributed by atoms with Crippen LogP contribution in [0.15, 0.2) is 28.8 Å². The lowest BCUT2D eigenvalue weighted by Crippen LogP contribution is -1.98. The summed E-state index contributed by atoms with van der Waals surface area (Å²) in [6.07, 6.45) is -0.558. The van der Waals surface area contributed by atoms with Gasteiger partial charge in [-0.15, -0.1) is 0 Å². The summed E-state index contributed by atoms with van der Waals surface area (Å²) in [5, 5.41) is 10.2. The average Bonchev–Trinajstić information content (AvgIpc) is 2.26. The number of benzene rings is 1. The van der Waals surface area contributed by atoms with E-state index in [-0.39, 0.29) is 6.61 Å². The minimum Gasteiger partial charge on any atom is -0.486 e. The molecular formula is C11H11Cl3O2. The van der Waals surface area contributed by atoms with E-state index in [1.807, 2.05) is 0 Å². The van der Waals surface area contributed by atoms with E-state index in [0.717, 1.165) is 5.56 Å². The second-order valence-electron chi connectivity index (χ2n) is 3.21. The molecule has 0 heterocycles. The number of hydrogen-bond donors (Lipinski definition) is 1. The Kier molecular flexibility index (Phi) is 5.42. The number of aliphatic hydroxyl groups excluding tert-OH is 1. The molecule has 16 heavy (non-hydrogen) atoms. The summed E-state index contributed by atoms with van der Waals surface area (Å²) in [4.78, 5) is 0. The lowest BCUT2D eigenvalue weighted by atomic mass is 10.1. The van der Waals surface area contributed by atoms with Crippen molar-refractivity contribution < 1.29 is 9.84 Å². The molecule has 0 spiro atoms. The predicted molar refractivity (Wildman–Crippen MR) is 67.4 cm³/mol. The number of ether oxygens (including phenoxy) is 1. The van der Waals surface area contributed by atoms with E-state index in [9.17, 15) is 5.11 Å². The number of rotatable bonds is 4. The van der Waals surface area contributed by atoms with Crippen molar-refractivity contribution in [3.8, 4) is 5.75 Å². The molecule has 0 amide bonds. The maximum atomic E-state index is 9.35. The second-order valence-corrected chi connectivity index (χ2v) is 4.32. The minimum atomic E-state index is -0.558. The van der Waals surface area contributed by atoms with E-state index < -0.39 is 6.10 Å². The summed E-state index contributed by atoms with van der Waals surface area (Å²) in [6.45, 7) is 1.83. The third kappa shape index (κ3) is 3.87. The summed E-state index contributed by atoms with van der Waals surface area (Å²) >= 11 is 17.0. The van der Waals surface area contributed by atoms with Crippen molar-refractivity contribution in [3.63, 3.8) is 0 Å². The fourth-order valence-corrected chi connectivity index (χ4v) is 1.43. The van der Waals surface area contributed by atoms with E-state index in [0.29, 0.717) is 15.8 Å². The van der Waals surface area contributed by atoms with Crippen LogP contribution in [0.25, 0.3) is 0 Å². The van der Waals surface area contributed by atoms with Crippen LogP contribution < -0.4 is 4.74 Å². The fraction of sp³-hybridized carbons (Fsp3) is 0.273. The molecule has 1 aromatic carbocycles. The first-order valence-corrected chi connectivity index (χ1v) is 5.79. The zero-order chi connectivity index (χ0) is 12.1. The van der Waals surface area contributed by atoms with Gasteiger partial charge in [-0.25, -0.2) is 0 Å². The highest BCUT2D eigenvalue weighted by atomic mass is 35.5. The third-order valence-electron chi connectivity index (χ3n) is 1.92. The van der Waals surface area contributed by atoms with Gasteiger partial charge in [0.2, 0.25) is 0 Å². The van der Waals surface area contributed by atoms with E-state index in [4.69, 9.17) is 39.5 Å². The zero-order valence-corrected chi connectivity index (χ0v) is 10.9. The summed E-state index contributed by atoms with van der Waals surface area (Å²) < 4.78 is 5.33. The van der Waals surface area contributed by atoms with Crippen molar-refractivity contribution >= 4 is 34.8 Å². The van der Waals surface area contributed by atoms with Crippen LogP contribution in [0.2, 0.25) is 5.02 Å². The molecule has 1 unspecified atom stereocenters. The van der Waals surface area contributed by atoms with Gasteiger partial charge in [0.05, 0.1) is 16.2 Å². The quantitative estimate of drug-likeness (QED) is 0.900. The van der Waals surface area contributed by atoms with Crippen molar-refractivity contribution in [1.82, 2.24) is 0 Å². The van der Waals surface area contributed by atoms with E-state index >= 15 is 0 Å². The Morgan fingerprint density at radius 2 is 2.25 bits per heavy atom. The van der Waals surface area contributed by atoms with Gasteiger partial charge >= 0.3 is 0 Å². The maximum Gasteiger partial charge on any atom is 0.138 e. The van der Waals surface area contributed by atoms with Gasteiger partial charge in [0, 0.05) is 5.54 Å². The largest absolute Gasteiger partial charge is 0.486 e. The average molecular weight is 282 g/mol. The number of hydrogen-bond acceptors (Lipinski definition) is 2. The summed E-state index contributed by atoms with van der Waals surface area (Å²) in [5.74, 6) is 0.503. The maximum absolute atomic E-state index is 9.35. The molecule has 5 heteroatoms. The lowest BCUT2D eigenvalue weighted by molar-refractivity contribution is 0.199. The molecule has 0 aliphatic heterocycles. The summed E-state index contributed by atoms with van der Waals surface area (Å²) in [6, 6.07) is 5.08. The molecule has 1 atom stereocenters. The zero-order valence-electron chi connectivity index (χ0n) is 8.58. The highest BCUT2D eigenvalue weighted by molar-refractivity contribution is 6.36. The Bertz CT molecular complexity index is 389. The standard InChI is InChI=1S/C11H11Cl3O2/c1-7(15)8-2-3-11(10(14)4-8)16-6-9(13)5-12/h2-5,7,15H,6H2,1H3/b9-5-. The fourth-order valence-electron chi connectivity index (χ4n) is 1.07. The van der Waals surface area contributed by atoms with Crippen molar-refractivity contribution in [2.75, 3.05) is 6.61 Å². The van der Waals surface area contributed by atoms with Crippen LogP contribution in [0.4, 0.5) is 0 Å². The molecular weight excluding hydrogens is 270 g/mol. The Labute approximate surface area is 109 Å². The molecule has 0 saturated heterocycles. The van der Waals surface area contributed by atoms with Crippen molar-refractivity contribution in [1.29, 1.82) is 0 Å². The molecule has 1 rings (SSSR count). The smallest absolute Gasteiger partial charge is 0.138 e. The molecule has 0 bridgehead atoms. The van der Waals surface area contributed by atoms with Crippen LogP contribution in [-0.2, 0) is 0 Å². The highest BCUT2D eigenvalue weighted by Gasteiger charge is 2.06. The van der Waals surface area contributed by atoms with Gasteiger partial charge in [0.1, 0.15) is 12.4 Å². The van der Waals surface area contributed by atoms with Gasteiger partial charge < -0.3 is 9.84 Å². The molecule has 1 N–H and O–H groups in total. The molecule has 2 nitrogen and oxygen atoms in total. The minimum absolute atomic E-state index is 0.165. The van der Waals surface area contributed by atoms with Gasteiger partial charge in [-0.1, -0.05) is 40.9 Å². The molecule has 0 aliphatic rings.